The van der Waals surface area contributed by atoms with E-state index in [-0.39, 0.29) is 25.2 Å². The zero-order chi connectivity index (χ0) is 14.7. The molecule has 1 atom stereocenters. The van der Waals surface area contributed by atoms with Gasteiger partial charge in [-0.1, -0.05) is 19.3 Å². The molecule has 1 saturated heterocycles. The highest BCUT2D eigenvalue weighted by atomic mass is 16.5. The smallest absolute Gasteiger partial charge is 0.248 e. The van der Waals surface area contributed by atoms with Gasteiger partial charge in [0.1, 0.15) is 17.9 Å². The SMILES string of the molecule is O=C(COC1CCCCC1)N1CCC(O)(c2cn[nH]n2)C1. The molecule has 1 aromatic heterocycles. The summed E-state index contributed by atoms with van der Waals surface area (Å²) in [7, 11) is 0. The summed E-state index contributed by atoms with van der Waals surface area (Å²) in [6.07, 6.45) is 7.96. The molecule has 7 nitrogen and oxygen atoms in total. The third-order valence-corrected chi connectivity index (χ3v) is 4.49. The molecule has 21 heavy (non-hydrogen) atoms. The van der Waals surface area contributed by atoms with Crippen molar-refractivity contribution in [3.05, 3.63) is 11.9 Å². The number of hydrogen-bond acceptors (Lipinski definition) is 5. The number of likely N-dealkylation sites (tertiary alicyclic amines) is 1. The Hall–Kier alpha value is -1.47. The van der Waals surface area contributed by atoms with Gasteiger partial charge in [0.25, 0.3) is 0 Å². The fraction of sp³-hybridized carbons (Fsp3) is 0.786. The van der Waals surface area contributed by atoms with E-state index >= 15 is 0 Å². The van der Waals surface area contributed by atoms with Gasteiger partial charge in [-0.15, -0.1) is 0 Å². The number of rotatable bonds is 4. The summed E-state index contributed by atoms with van der Waals surface area (Å²) >= 11 is 0. The summed E-state index contributed by atoms with van der Waals surface area (Å²) in [5.74, 6) is -0.0556. The van der Waals surface area contributed by atoms with Gasteiger partial charge in [0.15, 0.2) is 0 Å². The fourth-order valence-corrected chi connectivity index (χ4v) is 3.15. The molecule has 2 fully saturated rings. The van der Waals surface area contributed by atoms with Gasteiger partial charge < -0.3 is 14.7 Å². The van der Waals surface area contributed by atoms with Gasteiger partial charge in [0.2, 0.25) is 5.91 Å². The Morgan fingerprint density at radius 2 is 2.29 bits per heavy atom. The Bertz CT molecular complexity index is 473. The van der Waals surface area contributed by atoms with Crippen molar-refractivity contribution in [3.63, 3.8) is 0 Å². The van der Waals surface area contributed by atoms with Gasteiger partial charge in [-0.3, -0.25) is 4.79 Å². The summed E-state index contributed by atoms with van der Waals surface area (Å²) in [4.78, 5) is 13.8. The normalized spacial score (nSPS) is 27.2. The standard InChI is InChI=1S/C14H22N4O3/c19-13(9-21-11-4-2-1-3-5-11)18-7-6-14(20,10-18)12-8-15-17-16-12/h8,11,20H,1-7,9-10H2,(H,15,16,17). The molecule has 3 rings (SSSR count). The molecule has 1 saturated carbocycles. The molecular weight excluding hydrogens is 272 g/mol. The van der Waals surface area contributed by atoms with Crippen molar-refractivity contribution in [1.29, 1.82) is 0 Å². The third kappa shape index (κ3) is 3.24. The maximum absolute atomic E-state index is 12.2. The number of nitrogens with zero attached hydrogens (tertiary/aromatic N) is 3. The first-order valence-electron chi connectivity index (χ1n) is 7.65. The highest BCUT2D eigenvalue weighted by molar-refractivity contribution is 5.78. The second-order valence-corrected chi connectivity index (χ2v) is 6.02. The molecule has 0 aromatic carbocycles. The second kappa shape index (κ2) is 6.11. The molecule has 2 N–H and O–H groups in total. The lowest BCUT2D eigenvalue weighted by molar-refractivity contribution is -0.138. The zero-order valence-electron chi connectivity index (χ0n) is 12.1. The van der Waals surface area contributed by atoms with Crippen molar-refractivity contribution in [2.45, 2.75) is 50.2 Å². The van der Waals surface area contributed by atoms with Gasteiger partial charge in [0, 0.05) is 13.0 Å². The Morgan fingerprint density at radius 1 is 1.48 bits per heavy atom. The second-order valence-electron chi connectivity index (χ2n) is 6.02. The topological polar surface area (TPSA) is 91.3 Å². The minimum atomic E-state index is -1.09. The number of carbonyl (C=O) groups is 1. The van der Waals surface area contributed by atoms with E-state index in [0.29, 0.717) is 18.7 Å². The molecule has 0 radical (unpaired) electrons. The number of aromatic nitrogens is 3. The van der Waals surface area contributed by atoms with Crippen LogP contribution in [0.25, 0.3) is 0 Å². The van der Waals surface area contributed by atoms with Crippen LogP contribution < -0.4 is 0 Å². The van der Waals surface area contributed by atoms with E-state index in [1.165, 1.54) is 25.5 Å². The minimum absolute atomic E-state index is 0.0556. The first-order valence-corrected chi connectivity index (χ1v) is 7.65. The summed E-state index contributed by atoms with van der Waals surface area (Å²) in [6.45, 7) is 0.891. The molecule has 7 heteroatoms. The van der Waals surface area contributed by atoms with Crippen molar-refractivity contribution < 1.29 is 14.6 Å². The minimum Gasteiger partial charge on any atom is -0.381 e. The number of ether oxygens (including phenoxy) is 1. The number of hydrogen-bond donors (Lipinski definition) is 2. The predicted octanol–water partition coefficient (Wildman–Crippen LogP) is 0.574. The predicted molar refractivity (Wildman–Crippen MR) is 74.3 cm³/mol. The number of nitrogens with one attached hydrogen (secondary N) is 1. The highest BCUT2D eigenvalue weighted by Gasteiger charge is 2.41. The van der Waals surface area contributed by atoms with Crippen LogP contribution in [-0.4, -0.2) is 57.1 Å². The van der Waals surface area contributed by atoms with Crippen LogP contribution in [0.3, 0.4) is 0 Å². The van der Waals surface area contributed by atoms with E-state index in [4.69, 9.17) is 4.74 Å². The van der Waals surface area contributed by atoms with E-state index in [1.807, 2.05) is 0 Å². The van der Waals surface area contributed by atoms with Crippen LogP contribution in [0.15, 0.2) is 6.20 Å². The van der Waals surface area contributed by atoms with Crippen LogP contribution in [0, 0.1) is 0 Å². The van der Waals surface area contributed by atoms with E-state index in [0.717, 1.165) is 12.8 Å². The molecule has 2 heterocycles. The quantitative estimate of drug-likeness (QED) is 0.847. The molecule has 1 aromatic rings. The van der Waals surface area contributed by atoms with Crippen LogP contribution in [0.1, 0.15) is 44.2 Å². The molecule has 1 amide bonds. The number of aliphatic hydroxyl groups is 1. The van der Waals surface area contributed by atoms with Crippen LogP contribution in [0.4, 0.5) is 0 Å². The molecular formula is C14H22N4O3. The molecule has 1 aliphatic heterocycles. The van der Waals surface area contributed by atoms with Gasteiger partial charge in [0.05, 0.1) is 18.8 Å². The molecule has 0 spiro atoms. The lowest BCUT2D eigenvalue weighted by Gasteiger charge is -2.24. The van der Waals surface area contributed by atoms with E-state index in [2.05, 4.69) is 15.4 Å². The van der Waals surface area contributed by atoms with Gasteiger partial charge in [-0.25, -0.2) is 0 Å². The number of amides is 1. The van der Waals surface area contributed by atoms with E-state index in [9.17, 15) is 9.90 Å². The van der Waals surface area contributed by atoms with Crippen LogP contribution in [0.5, 0.6) is 0 Å². The summed E-state index contributed by atoms with van der Waals surface area (Å²) < 4.78 is 5.71. The number of aromatic amines is 1. The summed E-state index contributed by atoms with van der Waals surface area (Å²) in [5, 5.41) is 20.7. The number of β-amino-alcohol motifs (C(OH)–C–C–N with tert-alkyl or cyclic N) is 1. The average molecular weight is 294 g/mol. The van der Waals surface area contributed by atoms with Gasteiger partial charge in [-0.2, -0.15) is 15.4 Å². The van der Waals surface area contributed by atoms with Crippen LogP contribution in [-0.2, 0) is 15.1 Å². The van der Waals surface area contributed by atoms with Crippen molar-refractivity contribution in [2.75, 3.05) is 19.7 Å². The molecule has 1 aliphatic carbocycles. The van der Waals surface area contributed by atoms with Crippen molar-refractivity contribution in [1.82, 2.24) is 20.3 Å². The number of H-pyrrole nitrogens is 1. The molecule has 1 unspecified atom stereocenters. The molecule has 116 valence electrons. The lowest BCUT2D eigenvalue weighted by Crippen LogP contribution is -2.37. The zero-order valence-corrected chi connectivity index (χ0v) is 12.1. The Kier molecular flexibility index (Phi) is 4.21. The Morgan fingerprint density at radius 3 is 3.00 bits per heavy atom. The molecule has 0 bridgehead atoms. The summed E-state index contributed by atoms with van der Waals surface area (Å²) in [5.41, 5.74) is -0.598. The van der Waals surface area contributed by atoms with Gasteiger partial charge >= 0.3 is 0 Å². The molecule has 2 aliphatic rings. The van der Waals surface area contributed by atoms with Gasteiger partial charge in [-0.05, 0) is 12.8 Å². The summed E-state index contributed by atoms with van der Waals surface area (Å²) in [6, 6.07) is 0. The monoisotopic (exact) mass is 294 g/mol. The third-order valence-electron chi connectivity index (χ3n) is 4.49. The fourth-order valence-electron chi connectivity index (χ4n) is 3.15. The first-order chi connectivity index (χ1) is 10.2. The van der Waals surface area contributed by atoms with Crippen LogP contribution in [0.2, 0.25) is 0 Å². The van der Waals surface area contributed by atoms with Crippen molar-refractivity contribution >= 4 is 5.91 Å². The number of carbonyl (C=O) groups excluding carboxylic acids is 1. The van der Waals surface area contributed by atoms with E-state index in [1.54, 1.807) is 4.90 Å². The maximum Gasteiger partial charge on any atom is 0.248 e. The lowest BCUT2D eigenvalue weighted by atomic mass is 9.98. The highest BCUT2D eigenvalue weighted by Crippen LogP contribution is 2.30. The van der Waals surface area contributed by atoms with Crippen molar-refractivity contribution in [3.8, 4) is 0 Å². The van der Waals surface area contributed by atoms with Crippen molar-refractivity contribution in [2.24, 2.45) is 0 Å². The Labute approximate surface area is 123 Å². The largest absolute Gasteiger partial charge is 0.381 e. The Balaban J connectivity index is 1.50. The first kappa shape index (κ1) is 14.5. The average Bonchev–Trinajstić information content (AvgIpc) is 3.16. The van der Waals surface area contributed by atoms with Crippen LogP contribution >= 0.6 is 0 Å². The van der Waals surface area contributed by atoms with E-state index < -0.39 is 5.60 Å². The maximum atomic E-state index is 12.2.